The molecule has 1 aliphatic heterocycles. The van der Waals surface area contributed by atoms with Crippen molar-refractivity contribution in [3.63, 3.8) is 0 Å². The number of piperazine rings is 1. The number of nitrogens with zero attached hydrogens (tertiary/aromatic N) is 1. The summed E-state index contributed by atoms with van der Waals surface area (Å²) in [6.07, 6.45) is 0. The second-order valence-corrected chi connectivity index (χ2v) is 4.62. The van der Waals surface area contributed by atoms with E-state index in [1.165, 1.54) is 5.56 Å². The molecule has 0 amide bonds. The van der Waals surface area contributed by atoms with Crippen molar-refractivity contribution < 1.29 is 4.74 Å². The van der Waals surface area contributed by atoms with Crippen molar-refractivity contribution in [1.29, 1.82) is 0 Å². The van der Waals surface area contributed by atoms with Gasteiger partial charge in [0, 0.05) is 31.9 Å². The van der Waals surface area contributed by atoms with E-state index in [0.29, 0.717) is 6.61 Å². The normalized spacial score (nSPS) is 16.6. The van der Waals surface area contributed by atoms with Gasteiger partial charge in [0.2, 0.25) is 0 Å². The molecular formula is C14H23N3O. The maximum atomic E-state index is 5.54. The van der Waals surface area contributed by atoms with E-state index in [9.17, 15) is 0 Å². The van der Waals surface area contributed by atoms with Crippen LogP contribution in [0.25, 0.3) is 0 Å². The van der Waals surface area contributed by atoms with Gasteiger partial charge in [0.1, 0.15) is 5.75 Å². The largest absolute Gasteiger partial charge is 0.494 e. The van der Waals surface area contributed by atoms with Gasteiger partial charge in [-0.15, -0.1) is 0 Å². The number of anilines is 1. The molecule has 0 atom stereocenters. The molecule has 0 spiro atoms. The van der Waals surface area contributed by atoms with Gasteiger partial charge < -0.3 is 15.4 Å². The lowest BCUT2D eigenvalue weighted by Crippen LogP contribution is -2.45. The van der Waals surface area contributed by atoms with E-state index in [0.717, 1.165) is 44.3 Å². The fraction of sp³-hybridized carbons (Fsp3) is 0.571. The second-order valence-electron chi connectivity index (χ2n) is 4.62. The van der Waals surface area contributed by atoms with Crippen LogP contribution in [0.15, 0.2) is 18.2 Å². The first-order chi connectivity index (χ1) is 8.79. The van der Waals surface area contributed by atoms with Crippen molar-refractivity contribution in [3.8, 4) is 5.75 Å². The van der Waals surface area contributed by atoms with Crippen LogP contribution in [-0.4, -0.2) is 44.4 Å². The average molecular weight is 249 g/mol. The standard InChI is InChI=1S/C14H23N3O/c1-3-18-14-5-4-13(10-12(14)2)16-11-17-8-6-15-7-9-17/h4-5,10,15-16H,3,6-9,11H2,1-2H3. The van der Waals surface area contributed by atoms with E-state index in [1.807, 2.05) is 13.0 Å². The molecule has 4 heteroatoms. The predicted octanol–water partition coefficient (Wildman–Crippen LogP) is 1.67. The molecule has 1 fully saturated rings. The summed E-state index contributed by atoms with van der Waals surface area (Å²) in [6.45, 7) is 10.1. The Bertz CT molecular complexity index is 375. The summed E-state index contributed by atoms with van der Waals surface area (Å²) in [7, 11) is 0. The Morgan fingerprint density at radius 1 is 1.33 bits per heavy atom. The lowest BCUT2D eigenvalue weighted by atomic mass is 10.2. The van der Waals surface area contributed by atoms with Gasteiger partial charge >= 0.3 is 0 Å². The molecule has 0 bridgehead atoms. The molecule has 0 radical (unpaired) electrons. The van der Waals surface area contributed by atoms with E-state index < -0.39 is 0 Å². The number of nitrogens with one attached hydrogen (secondary N) is 2. The Kier molecular flexibility index (Phi) is 4.84. The zero-order valence-electron chi connectivity index (χ0n) is 11.3. The molecule has 18 heavy (non-hydrogen) atoms. The minimum absolute atomic E-state index is 0.717. The first-order valence-electron chi connectivity index (χ1n) is 6.70. The van der Waals surface area contributed by atoms with Crippen molar-refractivity contribution >= 4 is 5.69 Å². The van der Waals surface area contributed by atoms with Gasteiger partial charge in [0.15, 0.2) is 0 Å². The minimum Gasteiger partial charge on any atom is -0.494 e. The molecule has 1 saturated heterocycles. The van der Waals surface area contributed by atoms with Crippen LogP contribution < -0.4 is 15.4 Å². The van der Waals surface area contributed by atoms with Gasteiger partial charge in [-0.25, -0.2) is 0 Å². The summed E-state index contributed by atoms with van der Waals surface area (Å²) in [4.78, 5) is 2.42. The van der Waals surface area contributed by atoms with Crippen molar-refractivity contribution in [2.45, 2.75) is 13.8 Å². The fourth-order valence-electron chi connectivity index (χ4n) is 2.15. The minimum atomic E-state index is 0.717. The molecular weight excluding hydrogens is 226 g/mol. The summed E-state index contributed by atoms with van der Waals surface area (Å²) in [5, 5.41) is 6.82. The molecule has 0 unspecified atom stereocenters. The monoisotopic (exact) mass is 249 g/mol. The predicted molar refractivity (Wildman–Crippen MR) is 75.3 cm³/mol. The Morgan fingerprint density at radius 2 is 2.11 bits per heavy atom. The number of ether oxygens (including phenoxy) is 1. The number of aryl methyl sites for hydroxylation is 1. The SMILES string of the molecule is CCOc1ccc(NCN2CCNCC2)cc1C. The van der Waals surface area contributed by atoms with Crippen LogP contribution in [0.2, 0.25) is 0 Å². The molecule has 1 aromatic carbocycles. The van der Waals surface area contributed by atoms with Crippen LogP contribution >= 0.6 is 0 Å². The zero-order valence-corrected chi connectivity index (χ0v) is 11.3. The van der Waals surface area contributed by atoms with Crippen LogP contribution in [0.3, 0.4) is 0 Å². The number of benzene rings is 1. The van der Waals surface area contributed by atoms with Crippen LogP contribution in [0.5, 0.6) is 5.75 Å². The number of hydrogen-bond acceptors (Lipinski definition) is 4. The molecule has 0 saturated carbocycles. The molecule has 0 aliphatic carbocycles. The van der Waals surface area contributed by atoms with Crippen molar-refractivity contribution in [2.24, 2.45) is 0 Å². The molecule has 0 aromatic heterocycles. The molecule has 2 rings (SSSR count). The van der Waals surface area contributed by atoms with E-state index in [-0.39, 0.29) is 0 Å². The Hall–Kier alpha value is -1.26. The van der Waals surface area contributed by atoms with E-state index in [1.54, 1.807) is 0 Å². The highest BCUT2D eigenvalue weighted by atomic mass is 16.5. The molecule has 2 N–H and O–H groups in total. The first kappa shape index (κ1) is 13.2. The molecule has 1 aromatic rings. The number of hydrogen-bond donors (Lipinski definition) is 2. The highest BCUT2D eigenvalue weighted by Crippen LogP contribution is 2.21. The Morgan fingerprint density at radius 3 is 2.78 bits per heavy atom. The van der Waals surface area contributed by atoms with Gasteiger partial charge in [-0.1, -0.05) is 0 Å². The zero-order chi connectivity index (χ0) is 12.8. The average Bonchev–Trinajstić information content (AvgIpc) is 2.41. The molecule has 1 aliphatic rings. The lowest BCUT2D eigenvalue weighted by Gasteiger charge is -2.27. The molecule has 4 nitrogen and oxygen atoms in total. The maximum Gasteiger partial charge on any atom is 0.122 e. The smallest absolute Gasteiger partial charge is 0.122 e. The van der Waals surface area contributed by atoms with Gasteiger partial charge in [-0.2, -0.15) is 0 Å². The van der Waals surface area contributed by atoms with Crippen LogP contribution in [0, 0.1) is 6.92 Å². The van der Waals surface area contributed by atoms with Crippen molar-refractivity contribution in [2.75, 3.05) is 44.8 Å². The van der Waals surface area contributed by atoms with Gasteiger partial charge in [0.25, 0.3) is 0 Å². The molecule has 100 valence electrons. The highest BCUT2D eigenvalue weighted by molar-refractivity contribution is 5.50. The fourth-order valence-corrected chi connectivity index (χ4v) is 2.15. The summed E-state index contributed by atoms with van der Waals surface area (Å²) in [5.41, 5.74) is 2.34. The van der Waals surface area contributed by atoms with Gasteiger partial charge in [-0.3, -0.25) is 4.90 Å². The third-order valence-electron chi connectivity index (χ3n) is 3.19. The third kappa shape index (κ3) is 3.62. The highest BCUT2D eigenvalue weighted by Gasteiger charge is 2.08. The van der Waals surface area contributed by atoms with Crippen molar-refractivity contribution in [1.82, 2.24) is 10.2 Å². The summed E-state index contributed by atoms with van der Waals surface area (Å²) >= 11 is 0. The lowest BCUT2D eigenvalue weighted by molar-refractivity contribution is 0.256. The van der Waals surface area contributed by atoms with E-state index >= 15 is 0 Å². The topological polar surface area (TPSA) is 36.5 Å². The Balaban J connectivity index is 1.87. The van der Waals surface area contributed by atoms with E-state index in [4.69, 9.17) is 4.74 Å². The maximum absolute atomic E-state index is 5.54. The summed E-state index contributed by atoms with van der Waals surface area (Å²) in [5.74, 6) is 0.977. The first-order valence-corrected chi connectivity index (χ1v) is 6.70. The summed E-state index contributed by atoms with van der Waals surface area (Å²) < 4.78 is 5.54. The molecule has 1 heterocycles. The van der Waals surface area contributed by atoms with Gasteiger partial charge in [-0.05, 0) is 37.6 Å². The summed E-state index contributed by atoms with van der Waals surface area (Å²) in [6, 6.07) is 6.27. The quantitative estimate of drug-likeness (QED) is 0.832. The Labute approximate surface area is 109 Å². The van der Waals surface area contributed by atoms with Gasteiger partial charge in [0.05, 0.1) is 13.3 Å². The van der Waals surface area contributed by atoms with Crippen LogP contribution in [0.1, 0.15) is 12.5 Å². The van der Waals surface area contributed by atoms with Crippen molar-refractivity contribution in [3.05, 3.63) is 23.8 Å². The second kappa shape index (κ2) is 6.61. The number of rotatable bonds is 5. The van der Waals surface area contributed by atoms with Crippen LogP contribution in [0.4, 0.5) is 5.69 Å². The van der Waals surface area contributed by atoms with Crippen LogP contribution in [-0.2, 0) is 0 Å². The third-order valence-corrected chi connectivity index (χ3v) is 3.19. The van der Waals surface area contributed by atoms with E-state index in [2.05, 4.69) is 34.6 Å².